The lowest BCUT2D eigenvalue weighted by Crippen LogP contribution is -2.07. The minimum absolute atomic E-state index is 0.0797. The number of hydrogen-bond donors (Lipinski definition) is 1. The Hall–Kier alpha value is -2.34. The van der Waals surface area contributed by atoms with Gasteiger partial charge in [-0.3, -0.25) is 4.79 Å². The summed E-state index contributed by atoms with van der Waals surface area (Å²) in [6, 6.07) is 9.76. The van der Waals surface area contributed by atoms with Crippen molar-refractivity contribution in [3.8, 4) is 5.69 Å². The van der Waals surface area contributed by atoms with Gasteiger partial charge in [0.05, 0.1) is 28.0 Å². The Bertz CT molecular complexity index is 871. The van der Waals surface area contributed by atoms with Crippen LogP contribution in [0.3, 0.4) is 0 Å². The lowest BCUT2D eigenvalue weighted by Gasteiger charge is -2.08. The van der Waals surface area contributed by atoms with Gasteiger partial charge in [-0.05, 0) is 32.2 Å². The smallest absolute Gasteiger partial charge is 0.166 e. The first-order valence-corrected chi connectivity index (χ1v) is 8.06. The van der Waals surface area contributed by atoms with E-state index in [1.54, 1.807) is 11.6 Å². The highest BCUT2D eigenvalue weighted by atomic mass is 32.2. The molecule has 3 rings (SSSR count). The number of hydrogen-bond acceptors (Lipinski definition) is 5. The predicted molar refractivity (Wildman–Crippen MR) is 89.8 cm³/mol. The summed E-state index contributed by atoms with van der Waals surface area (Å²) in [6.07, 6.45) is 1.93. The van der Waals surface area contributed by atoms with Crippen molar-refractivity contribution in [1.82, 2.24) is 14.8 Å². The van der Waals surface area contributed by atoms with E-state index in [0.29, 0.717) is 22.6 Å². The SMILES string of the molecule is CSc1nn(-c2ccccc2)c2nc(C)c(C(C)=O)c(N)c12. The third kappa shape index (κ3) is 2.16. The van der Waals surface area contributed by atoms with Crippen molar-refractivity contribution in [3.05, 3.63) is 41.6 Å². The fourth-order valence-electron chi connectivity index (χ4n) is 2.60. The molecule has 112 valence electrons. The minimum atomic E-state index is -0.0797. The van der Waals surface area contributed by atoms with Crippen molar-refractivity contribution < 1.29 is 4.79 Å². The van der Waals surface area contributed by atoms with Crippen LogP contribution in [0, 0.1) is 6.92 Å². The second-order valence-electron chi connectivity index (χ2n) is 5.00. The molecule has 3 aromatic rings. The summed E-state index contributed by atoms with van der Waals surface area (Å²) in [5.74, 6) is -0.0797. The summed E-state index contributed by atoms with van der Waals surface area (Å²) in [5, 5.41) is 6.12. The molecular formula is C16H16N4OS. The largest absolute Gasteiger partial charge is 0.397 e. The van der Waals surface area contributed by atoms with Crippen LogP contribution >= 0.6 is 11.8 Å². The lowest BCUT2D eigenvalue weighted by atomic mass is 10.1. The fourth-order valence-corrected chi connectivity index (χ4v) is 3.17. The summed E-state index contributed by atoms with van der Waals surface area (Å²) >= 11 is 1.49. The predicted octanol–water partition coefficient (Wildman–Crippen LogP) is 3.24. The van der Waals surface area contributed by atoms with E-state index >= 15 is 0 Å². The standard InChI is InChI=1S/C16H16N4OS/c1-9-12(10(2)21)14(17)13-15(18-9)20(19-16(13)22-3)11-7-5-4-6-8-11/h4-8H,1-3H3,(H2,17,18). The van der Waals surface area contributed by atoms with Gasteiger partial charge < -0.3 is 5.73 Å². The van der Waals surface area contributed by atoms with Gasteiger partial charge in [0.15, 0.2) is 11.4 Å². The number of rotatable bonds is 3. The second kappa shape index (κ2) is 5.46. The van der Waals surface area contributed by atoms with E-state index in [2.05, 4.69) is 10.1 Å². The number of fused-ring (bicyclic) bond motifs is 1. The van der Waals surface area contributed by atoms with Gasteiger partial charge in [-0.15, -0.1) is 11.8 Å². The van der Waals surface area contributed by atoms with Gasteiger partial charge in [0.1, 0.15) is 5.03 Å². The van der Waals surface area contributed by atoms with Crippen LogP contribution in [-0.2, 0) is 0 Å². The first-order valence-electron chi connectivity index (χ1n) is 6.83. The number of aromatic nitrogens is 3. The van der Waals surface area contributed by atoms with Crippen LogP contribution in [0.2, 0.25) is 0 Å². The van der Waals surface area contributed by atoms with Crippen LogP contribution in [0.5, 0.6) is 0 Å². The zero-order chi connectivity index (χ0) is 15.9. The van der Waals surface area contributed by atoms with E-state index in [4.69, 9.17) is 5.73 Å². The third-order valence-electron chi connectivity index (χ3n) is 3.55. The van der Waals surface area contributed by atoms with Crippen LogP contribution in [0.4, 0.5) is 5.69 Å². The molecule has 0 aliphatic carbocycles. The van der Waals surface area contributed by atoms with E-state index in [1.807, 2.05) is 36.6 Å². The Balaban J connectivity index is 2.41. The van der Waals surface area contributed by atoms with Crippen LogP contribution in [0.15, 0.2) is 35.4 Å². The van der Waals surface area contributed by atoms with Gasteiger partial charge in [0, 0.05) is 0 Å². The molecule has 0 saturated heterocycles. The molecule has 0 atom stereocenters. The number of ketones is 1. The topological polar surface area (TPSA) is 73.8 Å². The summed E-state index contributed by atoms with van der Waals surface area (Å²) in [4.78, 5) is 16.4. The Kier molecular flexibility index (Phi) is 3.62. The van der Waals surface area contributed by atoms with Crippen molar-refractivity contribution in [1.29, 1.82) is 0 Å². The highest BCUT2D eigenvalue weighted by Gasteiger charge is 2.21. The van der Waals surface area contributed by atoms with Gasteiger partial charge in [-0.1, -0.05) is 18.2 Å². The third-order valence-corrected chi connectivity index (χ3v) is 4.22. The van der Waals surface area contributed by atoms with Gasteiger partial charge in [0.25, 0.3) is 0 Å². The molecule has 2 aromatic heterocycles. The van der Waals surface area contributed by atoms with Crippen molar-refractivity contribution in [3.63, 3.8) is 0 Å². The van der Waals surface area contributed by atoms with Crippen LogP contribution in [-0.4, -0.2) is 26.8 Å². The fraction of sp³-hybridized carbons (Fsp3) is 0.188. The molecule has 0 bridgehead atoms. The Labute approximate surface area is 132 Å². The number of carbonyl (C=O) groups excluding carboxylic acids is 1. The Morgan fingerprint density at radius 3 is 2.55 bits per heavy atom. The maximum absolute atomic E-state index is 11.9. The molecule has 0 unspecified atom stereocenters. The molecular weight excluding hydrogens is 296 g/mol. The summed E-state index contributed by atoms with van der Waals surface area (Å²) in [5.41, 5.74) is 9.42. The molecule has 2 heterocycles. The lowest BCUT2D eigenvalue weighted by molar-refractivity contribution is 0.101. The molecule has 0 radical (unpaired) electrons. The molecule has 2 N–H and O–H groups in total. The van der Waals surface area contributed by atoms with E-state index in [9.17, 15) is 4.79 Å². The van der Waals surface area contributed by atoms with Crippen molar-refractivity contribution in [2.75, 3.05) is 12.0 Å². The van der Waals surface area contributed by atoms with E-state index < -0.39 is 0 Å². The number of para-hydroxylation sites is 1. The molecule has 0 spiro atoms. The zero-order valence-corrected chi connectivity index (χ0v) is 13.4. The number of carbonyl (C=O) groups is 1. The average molecular weight is 312 g/mol. The van der Waals surface area contributed by atoms with E-state index in [0.717, 1.165) is 16.1 Å². The summed E-state index contributed by atoms with van der Waals surface area (Å²) in [6.45, 7) is 3.31. The maximum Gasteiger partial charge on any atom is 0.166 e. The number of nitrogens with zero attached hydrogens (tertiary/aromatic N) is 3. The van der Waals surface area contributed by atoms with Gasteiger partial charge in [0.2, 0.25) is 0 Å². The first kappa shape index (κ1) is 14.6. The Morgan fingerprint density at radius 1 is 1.27 bits per heavy atom. The van der Waals surface area contributed by atoms with Crippen molar-refractivity contribution in [2.45, 2.75) is 18.9 Å². The average Bonchev–Trinajstić information content (AvgIpc) is 2.86. The molecule has 0 saturated carbocycles. The maximum atomic E-state index is 11.9. The molecule has 6 heteroatoms. The van der Waals surface area contributed by atoms with Gasteiger partial charge >= 0.3 is 0 Å². The highest BCUT2D eigenvalue weighted by molar-refractivity contribution is 7.98. The van der Waals surface area contributed by atoms with Crippen molar-refractivity contribution >= 4 is 34.3 Å². The Morgan fingerprint density at radius 2 is 1.95 bits per heavy atom. The highest BCUT2D eigenvalue weighted by Crippen LogP contribution is 2.34. The van der Waals surface area contributed by atoms with E-state index in [-0.39, 0.29) is 5.78 Å². The van der Waals surface area contributed by atoms with Gasteiger partial charge in [-0.2, -0.15) is 5.10 Å². The molecule has 0 amide bonds. The first-order chi connectivity index (χ1) is 10.5. The molecule has 1 aromatic carbocycles. The molecule has 22 heavy (non-hydrogen) atoms. The van der Waals surface area contributed by atoms with Crippen LogP contribution in [0.1, 0.15) is 23.0 Å². The number of anilines is 1. The number of thioether (sulfide) groups is 1. The number of aryl methyl sites for hydroxylation is 1. The number of benzene rings is 1. The van der Waals surface area contributed by atoms with E-state index in [1.165, 1.54) is 18.7 Å². The number of Topliss-reactive ketones (excluding diaryl/α,β-unsaturated/α-hetero) is 1. The number of nitrogens with two attached hydrogens (primary N) is 1. The molecule has 0 aliphatic heterocycles. The summed E-state index contributed by atoms with van der Waals surface area (Å²) < 4.78 is 1.77. The number of pyridine rings is 1. The summed E-state index contributed by atoms with van der Waals surface area (Å²) in [7, 11) is 0. The molecule has 0 aliphatic rings. The van der Waals surface area contributed by atoms with Crippen LogP contribution in [0.25, 0.3) is 16.7 Å². The zero-order valence-electron chi connectivity index (χ0n) is 12.6. The second-order valence-corrected chi connectivity index (χ2v) is 5.79. The van der Waals surface area contributed by atoms with Crippen LogP contribution < -0.4 is 5.73 Å². The van der Waals surface area contributed by atoms with Crippen molar-refractivity contribution in [2.24, 2.45) is 0 Å². The molecule has 0 fully saturated rings. The van der Waals surface area contributed by atoms with Gasteiger partial charge in [-0.25, -0.2) is 9.67 Å². The quantitative estimate of drug-likeness (QED) is 0.593. The molecule has 5 nitrogen and oxygen atoms in total. The normalized spacial score (nSPS) is 11.0. The number of nitrogen functional groups attached to an aromatic ring is 1. The minimum Gasteiger partial charge on any atom is -0.397 e. The monoisotopic (exact) mass is 312 g/mol.